The van der Waals surface area contributed by atoms with Crippen LogP contribution in [0.2, 0.25) is 0 Å². The van der Waals surface area contributed by atoms with Gasteiger partial charge in [0, 0.05) is 11.8 Å². The highest BCUT2D eigenvalue weighted by Crippen LogP contribution is 2.37. The summed E-state index contributed by atoms with van der Waals surface area (Å²) in [6.45, 7) is 2.81. The van der Waals surface area contributed by atoms with Crippen LogP contribution in [-0.2, 0) is 11.8 Å². The molecule has 84 valence electrons. The van der Waals surface area contributed by atoms with E-state index in [0.717, 1.165) is 24.6 Å². The lowest BCUT2D eigenvalue weighted by Crippen LogP contribution is -2.25. The van der Waals surface area contributed by atoms with Crippen LogP contribution in [0, 0.1) is 0 Å². The van der Waals surface area contributed by atoms with Crippen LogP contribution in [0.1, 0.15) is 50.7 Å². The highest BCUT2D eigenvalue weighted by molar-refractivity contribution is 5.04. The third kappa shape index (κ3) is 2.20. The molecule has 0 radical (unpaired) electrons. The van der Waals surface area contributed by atoms with Gasteiger partial charge in [-0.15, -0.1) is 0 Å². The minimum absolute atomic E-state index is 0.109. The van der Waals surface area contributed by atoms with Gasteiger partial charge in [-0.3, -0.25) is 0 Å². The van der Waals surface area contributed by atoms with Crippen LogP contribution < -0.4 is 5.73 Å². The van der Waals surface area contributed by atoms with Gasteiger partial charge in [0.15, 0.2) is 5.82 Å². The third-order valence-corrected chi connectivity index (χ3v) is 3.31. The van der Waals surface area contributed by atoms with E-state index in [0.29, 0.717) is 13.0 Å². The Balaban J connectivity index is 2.12. The molecular formula is C11H19N3O. The Labute approximate surface area is 90.2 Å². The Bertz CT molecular complexity index is 315. The largest absolute Gasteiger partial charge is 0.339 e. The zero-order valence-corrected chi connectivity index (χ0v) is 9.33. The first-order chi connectivity index (χ1) is 7.24. The maximum atomic E-state index is 5.46. The molecule has 0 aromatic carbocycles. The summed E-state index contributed by atoms with van der Waals surface area (Å²) >= 11 is 0. The van der Waals surface area contributed by atoms with Crippen molar-refractivity contribution in [1.82, 2.24) is 10.1 Å². The van der Waals surface area contributed by atoms with Gasteiger partial charge in [-0.1, -0.05) is 31.3 Å². The molecule has 0 atom stereocenters. The van der Waals surface area contributed by atoms with Crippen molar-refractivity contribution in [2.75, 3.05) is 6.54 Å². The highest BCUT2D eigenvalue weighted by atomic mass is 16.5. The van der Waals surface area contributed by atoms with Crippen molar-refractivity contribution >= 4 is 0 Å². The topological polar surface area (TPSA) is 64.9 Å². The van der Waals surface area contributed by atoms with Crippen molar-refractivity contribution in [1.29, 1.82) is 0 Å². The fourth-order valence-electron chi connectivity index (χ4n) is 2.28. The quantitative estimate of drug-likeness (QED) is 0.824. The minimum Gasteiger partial charge on any atom is -0.339 e. The predicted octanol–water partition coefficient (Wildman–Crippen LogP) is 1.79. The normalized spacial score (nSPS) is 20.4. The van der Waals surface area contributed by atoms with E-state index in [4.69, 9.17) is 10.3 Å². The summed E-state index contributed by atoms with van der Waals surface area (Å²) in [6.07, 6.45) is 6.91. The highest BCUT2D eigenvalue weighted by Gasteiger charge is 2.34. The average Bonchev–Trinajstić information content (AvgIpc) is 2.69. The molecule has 1 aromatic rings. The van der Waals surface area contributed by atoms with Crippen LogP contribution in [0.25, 0.3) is 0 Å². The molecule has 1 fully saturated rings. The lowest BCUT2D eigenvalue weighted by atomic mass is 9.76. The molecule has 1 saturated carbocycles. The molecule has 4 heteroatoms. The van der Waals surface area contributed by atoms with Gasteiger partial charge >= 0.3 is 0 Å². The maximum Gasteiger partial charge on any atom is 0.232 e. The van der Waals surface area contributed by atoms with Crippen molar-refractivity contribution in [3.8, 4) is 0 Å². The molecule has 0 aliphatic heterocycles. The molecule has 0 spiro atoms. The second kappa shape index (κ2) is 4.31. The van der Waals surface area contributed by atoms with Crippen molar-refractivity contribution < 1.29 is 4.52 Å². The van der Waals surface area contributed by atoms with Crippen molar-refractivity contribution in [2.24, 2.45) is 5.73 Å². The van der Waals surface area contributed by atoms with E-state index < -0.39 is 0 Å². The molecule has 2 N–H and O–H groups in total. The van der Waals surface area contributed by atoms with Gasteiger partial charge in [0.25, 0.3) is 0 Å². The summed E-state index contributed by atoms with van der Waals surface area (Å²) in [5, 5.41) is 3.96. The zero-order valence-electron chi connectivity index (χ0n) is 9.33. The number of rotatable bonds is 3. The Morgan fingerprint density at radius 2 is 2.07 bits per heavy atom. The molecule has 1 aliphatic rings. The van der Waals surface area contributed by atoms with Crippen LogP contribution in [0.15, 0.2) is 4.52 Å². The molecule has 1 aliphatic carbocycles. The minimum atomic E-state index is 0.109. The van der Waals surface area contributed by atoms with E-state index in [-0.39, 0.29) is 5.41 Å². The van der Waals surface area contributed by atoms with Crippen molar-refractivity contribution in [3.05, 3.63) is 11.7 Å². The van der Waals surface area contributed by atoms with Gasteiger partial charge in [0.1, 0.15) is 0 Å². The monoisotopic (exact) mass is 209 g/mol. The first-order valence-corrected chi connectivity index (χ1v) is 5.78. The van der Waals surface area contributed by atoms with Crippen LogP contribution in [0.5, 0.6) is 0 Å². The van der Waals surface area contributed by atoms with Gasteiger partial charge in [0.05, 0.1) is 0 Å². The Hall–Kier alpha value is -0.900. The van der Waals surface area contributed by atoms with E-state index in [1.54, 1.807) is 0 Å². The van der Waals surface area contributed by atoms with Crippen LogP contribution in [0.4, 0.5) is 0 Å². The van der Waals surface area contributed by atoms with Crippen molar-refractivity contribution in [3.63, 3.8) is 0 Å². The summed E-state index contributed by atoms with van der Waals surface area (Å²) in [4.78, 5) is 4.44. The lowest BCUT2D eigenvalue weighted by molar-refractivity contribution is 0.231. The second-order valence-corrected chi connectivity index (χ2v) is 4.68. The smallest absolute Gasteiger partial charge is 0.232 e. The number of hydrogen-bond acceptors (Lipinski definition) is 4. The van der Waals surface area contributed by atoms with E-state index in [1.165, 1.54) is 19.3 Å². The summed E-state index contributed by atoms with van der Waals surface area (Å²) in [5.41, 5.74) is 5.57. The van der Waals surface area contributed by atoms with Crippen LogP contribution in [0.3, 0.4) is 0 Å². The maximum absolute atomic E-state index is 5.46. The molecule has 1 heterocycles. The Morgan fingerprint density at radius 1 is 1.33 bits per heavy atom. The molecular weight excluding hydrogens is 190 g/mol. The number of hydrogen-bond donors (Lipinski definition) is 1. The molecule has 4 nitrogen and oxygen atoms in total. The second-order valence-electron chi connectivity index (χ2n) is 4.68. The fraction of sp³-hybridized carbons (Fsp3) is 0.818. The lowest BCUT2D eigenvalue weighted by Gasteiger charge is -2.29. The van der Waals surface area contributed by atoms with Gasteiger partial charge in [-0.05, 0) is 19.4 Å². The third-order valence-electron chi connectivity index (χ3n) is 3.31. The number of nitrogens with two attached hydrogens (primary N) is 1. The first kappa shape index (κ1) is 10.6. The van der Waals surface area contributed by atoms with E-state index in [1.807, 2.05) is 0 Å². The molecule has 0 unspecified atom stereocenters. The van der Waals surface area contributed by atoms with Gasteiger partial charge in [0.2, 0.25) is 5.89 Å². The zero-order chi connectivity index (χ0) is 10.7. The number of nitrogens with zero attached hydrogens (tertiary/aromatic N) is 2. The molecule has 0 amide bonds. The predicted molar refractivity (Wildman–Crippen MR) is 57.5 cm³/mol. The van der Waals surface area contributed by atoms with Crippen LogP contribution >= 0.6 is 0 Å². The standard InChI is InChI=1S/C11H19N3O/c1-11(6-3-2-4-7-11)10-13-9(5-8-12)14-15-10/h2-8,12H2,1H3. The molecule has 0 bridgehead atoms. The Morgan fingerprint density at radius 3 is 2.73 bits per heavy atom. The van der Waals surface area contributed by atoms with Crippen LogP contribution in [-0.4, -0.2) is 16.7 Å². The molecule has 1 aromatic heterocycles. The Kier molecular flexibility index (Phi) is 3.05. The molecule has 0 saturated heterocycles. The fourth-order valence-corrected chi connectivity index (χ4v) is 2.28. The van der Waals surface area contributed by atoms with Gasteiger partial charge in [-0.2, -0.15) is 4.98 Å². The van der Waals surface area contributed by atoms with E-state index in [9.17, 15) is 0 Å². The summed E-state index contributed by atoms with van der Waals surface area (Å²) < 4.78 is 5.34. The SMILES string of the molecule is CC1(c2nc(CCN)no2)CCCCC1. The summed E-state index contributed by atoms with van der Waals surface area (Å²) in [6, 6.07) is 0. The summed E-state index contributed by atoms with van der Waals surface area (Å²) in [7, 11) is 0. The molecule has 15 heavy (non-hydrogen) atoms. The first-order valence-electron chi connectivity index (χ1n) is 5.78. The number of aromatic nitrogens is 2. The van der Waals surface area contributed by atoms with Gasteiger partial charge in [-0.25, -0.2) is 0 Å². The summed E-state index contributed by atoms with van der Waals surface area (Å²) in [5.74, 6) is 1.56. The van der Waals surface area contributed by atoms with E-state index in [2.05, 4.69) is 17.1 Å². The molecule has 2 rings (SSSR count). The van der Waals surface area contributed by atoms with Crippen molar-refractivity contribution in [2.45, 2.75) is 50.9 Å². The van der Waals surface area contributed by atoms with Gasteiger partial charge < -0.3 is 10.3 Å². The average molecular weight is 209 g/mol. The van der Waals surface area contributed by atoms with E-state index >= 15 is 0 Å².